The number of hydrogen-bond donors (Lipinski definition) is 1. The first-order chi connectivity index (χ1) is 16.1. The summed E-state index contributed by atoms with van der Waals surface area (Å²) in [7, 11) is -4.26. The fourth-order valence-electron chi connectivity index (χ4n) is 3.86. The van der Waals surface area contributed by atoms with Crippen molar-refractivity contribution in [2.75, 3.05) is 6.16 Å². The maximum absolute atomic E-state index is 13.6. The SMILES string of the molecule is CCc1nc(-c2ccccc2)c(C)c(-c2ccc(F)cc2)c1/C=C/P(=O)([O-])C[C@H](O)CC(=O)[O-].[Na+].[Na+]. The number of carbonyl (C=O) groups excluding carboxylic acids is 1. The van der Waals surface area contributed by atoms with Crippen molar-refractivity contribution >= 4 is 19.4 Å². The number of halogens is 1. The van der Waals surface area contributed by atoms with Crippen molar-refractivity contribution in [3.8, 4) is 22.4 Å². The largest absolute Gasteiger partial charge is 1.00 e. The number of carboxylic acid groups (broad SMARTS) is 1. The minimum absolute atomic E-state index is 0. The molecular weight excluding hydrogens is 502 g/mol. The van der Waals surface area contributed by atoms with Crippen LogP contribution >= 0.6 is 7.37 Å². The zero-order valence-electron chi connectivity index (χ0n) is 20.9. The maximum atomic E-state index is 13.6. The van der Waals surface area contributed by atoms with Gasteiger partial charge in [0.1, 0.15) is 5.82 Å². The molecule has 2 atom stereocenters. The Bertz CT molecular complexity index is 1250. The third-order valence-corrected chi connectivity index (χ3v) is 6.94. The maximum Gasteiger partial charge on any atom is 1.00 e. The molecular formula is C26H25FNNa2O5P. The average molecular weight is 527 g/mol. The molecule has 0 aliphatic carbocycles. The van der Waals surface area contributed by atoms with Crippen LogP contribution in [0.4, 0.5) is 4.39 Å². The first-order valence-corrected chi connectivity index (χ1v) is 12.7. The van der Waals surface area contributed by atoms with E-state index in [0.29, 0.717) is 23.2 Å². The molecule has 0 spiro atoms. The van der Waals surface area contributed by atoms with E-state index in [2.05, 4.69) is 0 Å². The van der Waals surface area contributed by atoms with E-state index in [4.69, 9.17) is 4.98 Å². The number of aryl methyl sites for hydroxylation is 1. The monoisotopic (exact) mass is 527 g/mol. The van der Waals surface area contributed by atoms with Gasteiger partial charge in [-0.15, -0.1) is 0 Å². The molecule has 178 valence electrons. The van der Waals surface area contributed by atoms with Crippen LogP contribution in [0.3, 0.4) is 0 Å². The number of aliphatic hydroxyl groups excluding tert-OH is 1. The number of benzene rings is 2. The summed E-state index contributed by atoms with van der Waals surface area (Å²) in [6.45, 7) is 3.78. The number of aliphatic carboxylic acids is 1. The Labute approximate surface area is 254 Å². The zero-order valence-corrected chi connectivity index (χ0v) is 25.8. The van der Waals surface area contributed by atoms with Crippen LogP contribution in [-0.2, 0) is 15.8 Å². The number of aromatic nitrogens is 1. The molecule has 0 fully saturated rings. The van der Waals surface area contributed by atoms with Gasteiger partial charge in [-0.3, -0.25) is 4.98 Å². The smallest absolute Gasteiger partial charge is 0.796 e. The molecule has 3 aromatic rings. The van der Waals surface area contributed by atoms with Crippen LogP contribution in [0, 0.1) is 12.7 Å². The molecule has 1 aromatic heterocycles. The molecule has 2 aromatic carbocycles. The minimum atomic E-state index is -4.26. The number of nitrogens with zero attached hydrogens (tertiary/aromatic N) is 1. The average Bonchev–Trinajstić information content (AvgIpc) is 2.78. The molecule has 0 radical (unpaired) electrons. The van der Waals surface area contributed by atoms with Crippen molar-refractivity contribution in [3.63, 3.8) is 0 Å². The van der Waals surface area contributed by atoms with Crippen molar-refractivity contribution in [1.82, 2.24) is 4.98 Å². The molecule has 36 heavy (non-hydrogen) atoms. The molecule has 1 heterocycles. The molecule has 1 N–H and O–H groups in total. The van der Waals surface area contributed by atoms with E-state index in [0.717, 1.165) is 28.2 Å². The number of carbonyl (C=O) groups is 1. The molecule has 0 saturated heterocycles. The molecule has 10 heteroatoms. The van der Waals surface area contributed by atoms with Gasteiger partial charge in [-0.1, -0.05) is 55.5 Å². The van der Waals surface area contributed by atoms with E-state index in [-0.39, 0.29) is 59.1 Å². The summed E-state index contributed by atoms with van der Waals surface area (Å²) in [6, 6.07) is 15.5. The van der Waals surface area contributed by atoms with Gasteiger partial charge in [-0.25, -0.2) is 4.39 Å². The Kier molecular flexibility index (Phi) is 13.5. The van der Waals surface area contributed by atoms with E-state index in [1.807, 2.05) is 44.2 Å². The van der Waals surface area contributed by atoms with Gasteiger partial charge in [0.2, 0.25) is 0 Å². The molecule has 3 rings (SSSR count). The zero-order chi connectivity index (χ0) is 24.9. The molecule has 0 aliphatic rings. The molecule has 0 saturated carbocycles. The van der Waals surface area contributed by atoms with Crippen molar-refractivity contribution in [2.45, 2.75) is 32.8 Å². The van der Waals surface area contributed by atoms with Gasteiger partial charge >= 0.3 is 59.1 Å². The van der Waals surface area contributed by atoms with Crippen LogP contribution in [0.2, 0.25) is 0 Å². The summed E-state index contributed by atoms with van der Waals surface area (Å²) in [4.78, 5) is 28.0. The Hall–Kier alpha value is -1.12. The predicted octanol–water partition coefficient (Wildman–Crippen LogP) is -2.46. The van der Waals surface area contributed by atoms with Gasteiger partial charge in [0.25, 0.3) is 0 Å². The van der Waals surface area contributed by atoms with E-state index in [1.165, 1.54) is 18.2 Å². The van der Waals surface area contributed by atoms with Gasteiger partial charge < -0.3 is 24.5 Å². The van der Waals surface area contributed by atoms with Gasteiger partial charge in [0.15, 0.2) is 0 Å². The summed E-state index contributed by atoms with van der Waals surface area (Å²) in [5.41, 5.74) is 5.07. The van der Waals surface area contributed by atoms with Gasteiger partial charge in [0.05, 0.1) is 11.8 Å². The van der Waals surface area contributed by atoms with Crippen LogP contribution in [0.1, 0.15) is 30.2 Å². The van der Waals surface area contributed by atoms with E-state index < -0.39 is 37.8 Å². The second-order valence-corrected chi connectivity index (χ2v) is 10.1. The third kappa shape index (κ3) is 8.73. The third-order valence-electron chi connectivity index (χ3n) is 5.41. The Morgan fingerprint density at radius 2 is 1.72 bits per heavy atom. The van der Waals surface area contributed by atoms with Gasteiger partial charge in [-0.05, 0) is 48.0 Å². The minimum Gasteiger partial charge on any atom is -0.796 e. The number of carboxylic acids is 1. The van der Waals surface area contributed by atoms with Crippen molar-refractivity contribution < 1.29 is 88.0 Å². The standard InChI is InChI=1S/C26H27FNO5P.2Na/c1-3-23-22(13-14-34(32,33)16-21(29)15-24(30)31)25(18-9-11-20(27)12-10-18)17(2)26(28-23)19-7-5-4-6-8-19;;/h4-14,21,29H,3,15-16H2,1-2H3,(H,30,31)(H,32,33);;/q;2*+1/p-2/b14-13+;;/t21-;;/m1../s1. The summed E-state index contributed by atoms with van der Waals surface area (Å²) in [5, 5.41) is 20.4. The van der Waals surface area contributed by atoms with E-state index in [9.17, 15) is 28.9 Å². The normalized spacial score (nSPS) is 13.4. The predicted molar refractivity (Wildman–Crippen MR) is 126 cm³/mol. The topological polar surface area (TPSA) is 113 Å². The Balaban J connectivity index is 0.00000324. The summed E-state index contributed by atoms with van der Waals surface area (Å²) < 4.78 is 26.2. The molecule has 0 bridgehead atoms. The van der Waals surface area contributed by atoms with Crippen molar-refractivity contribution in [3.05, 3.63) is 83.1 Å². The quantitative estimate of drug-likeness (QED) is 0.244. The molecule has 0 aliphatic heterocycles. The summed E-state index contributed by atoms with van der Waals surface area (Å²) in [5.74, 6) is -0.937. The van der Waals surface area contributed by atoms with Gasteiger partial charge in [-0.2, -0.15) is 0 Å². The number of rotatable bonds is 9. The summed E-state index contributed by atoms with van der Waals surface area (Å²) >= 11 is 0. The van der Waals surface area contributed by atoms with Crippen LogP contribution < -0.4 is 69.1 Å². The first kappa shape index (κ1) is 32.9. The fourth-order valence-corrected chi connectivity index (χ4v) is 5.07. The van der Waals surface area contributed by atoms with E-state index >= 15 is 0 Å². The second-order valence-electron chi connectivity index (χ2n) is 8.00. The molecule has 0 amide bonds. The van der Waals surface area contributed by atoms with Crippen LogP contribution in [0.15, 0.2) is 60.4 Å². The number of aliphatic hydroxyl groups is 1. The first-order valence-electron chi connectivity index (χ1n) is 10.8. The van der Waals surface area contributed by atoms with E-state index in [1.54, 1.807) is 12.1 Å². The Morgan fingerprint density at radius 1 is 1.11 bits per heavy atom. The summed E-state index contributed by atoms with van der Waals surface area (Å²) in [6.07, 6.45) is -1.14. The van der Waals surface area contributed by atoms with Crippen LogP contribution in [0.5, 0.6) is 0 Å². The van der Waals surface area contributed by atoms with Crippen molar-refractivity contribution in [1.29, 1.82) is 0 Å². The number of hydrogen-bond acceptors (Lipinski definition) is 6. The van der Waals surface area contributed by atoms with Crippen LogP contribution in [0.25, 0.3) is 28.5 Å². The molecule has 1 unspecified atom stereocenters. The number of pyridine rings is 1. The van der Waals surface area contributed by atoms with Gasteiger partial charge in [0, 0.05) is 42.7 Å². The Morgan fingerprint density at radius 3 is 2.28 bits per heavy atom. The molecule has 6 nitrogen and oxygen atoms in total. The second kappa shape index (κ2) is 14.7. The van der Waals surface area contributed by atoms with Crippen LogP contribution in [-0.4, -0.2) is 28.3 Å². The fraction of sp³-hybridized carbons (Fsp3) is 0.231. The van der Waals surface area contributed by atoms with Crippen molar-refractivity contribution in [2.24, 2.45) is 0 Å².